The Balaban J connectivity index is 0.0000122. The van der Waals surface area contributed by atoms with E-state index >= 15 is 0 Å². The molecule has 0 radical (unpaired) electrons. The maximum absolute atomic E-state index is 14.0. The number of primary amides is 1. The van der Waals surface area contributed by atoms with Crippen molar-refractivity contribution in [2.45, 2.75) is 95.0 Å². The van der Waals surface area contributed by atoms with E-state index in [4.69, 9.17) is 22.9 Å². The van der Waals surface area contributed by atoms with Crippen molar-refractivity contribution in [3.8, 4) is 5.75 Å². The van der Waals surface area contributed by atoms with Gasteiger partial charge in [0, 0.05) is 36.6 Å². The molecule has 2 aromatic carbocycles. The highest BCUT2D eigenvalue weighted by Crippen LogP contribution is 2.21. The number of nitrogens with one attached hydrogen (secondary N) is 7. The molecule has 4 rings (SSSR count). The van der Waals surface area contributed by atoms with Crippen molar-refractivity contribution in [1.82, 2.24) is 41.8 Å². The molecule has 3 aromatic rings. The van der Waals surface area contributed by atoms with Crippen LogP contribution in [0.15, 0.2) is 59.7 Å². The number of guanidine groups is 1. The van der Waals surface area contributed by atoms with E-state index in [1.807, 2.05) is 38.1 Å². The Kier molecular flexibility index (Phi) is 22.0. The van der Waals surface area contributed by atoms with Crippen molar-refractivity contribution in [2.75, 3.05) is 32.8 Å². The number of aromatic hydroxyl groups is 1. The second-order valence-corrected chi connectivity index (χ2v) is 16.7. The number of amides is 8. The fraction of sp³-hybridized carbons (Fsp3) is 0.477. The van der Waals surface area contributed by atoms with Gasteiger partial charge >= 0.3 is 0 Å². The fourth-order valence-corrected chi connectivity index (χ4v) is 7.52. The summed E-state index contributed by atoms with van der Waals surface area (Å²) in [6.07, 6.45) is 2.90. The van der Waals surface area contributed by atoms with Gasteiger partial charge in [0.2, 0.25) is 47.3 Å². The van der Waals surface area contributed by atoms with E-state index in [1.54, 1.807) is 6.20 Å². The molecule has 8 amide bonds. The average molecular weight is 971 g/mol. The first-order valence-corrected chi connectivity index (χ1v) is 22.0. The molecule has 0 spiro atoms. The number of phenolic OH excluding ortho intramolecular Hbond substituents is 1. The molecule has 68 heavy (non-hydrogen) atoms. The van der Waals surface area contributed by atoms with Crippen molar-refractivity contribution < 1.29 is 48.6 Å². The molecule has 372 valence electrons. The summed E-state index contributed by atoms with van der Waals surface area (Å²) >= 11 is 0. The van der Waals surface area contributed by atoms with Crippen LogP contribution in [0.5, 0.6) is 5.75 Å². The van der Waals surface area contributed by atoms with Gasteiger partial charge in [-0.3, -0.25) is 43.3 Å². The number of fused-ring (bicyclic) bond motifs is 1. The van der Waals surface area contributed by atoms with E-state index in [0.717, 1.165) is 16.5 Å². The van der Waals surface area contributed by atoms with Crippen molar-refractivity contribution in [3.05, 3.63) is 65.9 Å². The molecule has 17 N–H and O–H groups in total. The van der Waals surface area contributed by atoms with Gasteiger partial charge in [-0.15, -0.1) is 12.4 Å². The molecule has 1 fully saturated rings. The van der Waals surface area contributed by atoms with Crippen LogP contribution in [0.3, 0.4) is 0 Å². The number of likely N-dealkylation sites (tertiary alicyclic amines) is 1. The Labute approximate surface area is 399 Å². The Morgan fingerprint density at radius 3 is 2.13 bits per heavy atom. The summed E-state index contributed by atoms with van der Waals surface area (Å²) < 4.78 is 0. The summed E-state index contributed by atoms with van der Waals surface area (Å²) in [5.41, 5.74) is 24.4. The number of aliphatic hydroxyl groups is 1. The minimum Gasteiger partial charge on any atom is -0.508 e. The summed E-state index contributed by atoms with van der Waals surface area (Å²) in [6.45, 7) is 2.00. The summed E-state index contributed by atoms with van der Waals surface area (Å²) in [5, 5.41) is 36.0. The lowest BCUT2D eigenvalue weighted by molar-refractivity contribution is -0.142. The molecule has 24 heteroatoms. The number of carbonyl (C=O) groups excluding carboxylic acids is 8. The van der Waals surface area contributed by atoms with Gasteiger partial charge in [-0.2, -0.15) is 0 Å². The number of phenols is 1. The van der Waals surface area contributed by atoms with Crippen LogP contribution in [0.2, 0.25) is 0 Å². The van der Waals surface area contributed by atoms with Gasteiger partial charge in [0.15, 0.2) is 5.96 Å². The van der Waals surface area contributed by atoms with Crippen LogP contribution in [0, 0.1) is 5.92 Å². The first-order valence-electron chi connectivity index (χ1n) is 22.0. The van der Waals surface area contributed by atoms with Gasteiger partial charge in [0.1, 0.15) is 36.0 Å². The second-order valence-electron chi connectivity index (χ2n) is 16.7. The third kappa shape index (κ3) is 17.0. The Bertz CT molecular complexity index is 2250. The standard InChI is InChI=1S/C44H63N13O10.ClH/c1-24(2)17-32(40(64)54-31(9-5-15-49-44(47)48)43(67)57-16-6-10-35(57)42(66)51-21-36(46)60)53-37(61)22-52-39(63)33(18-25-11-13-27(59)14-12-25)55-41(65)34(23-58)56-38(62)29(45)19-26-20-50-30-8-4-3-7-28(26)30;/h3-4,7-8,11-14,20,24,29,31-35,50,58-59H,5-6,9-10,15-19,21-23,45H2,1-2H3,(H2,46,60)(H,51,66)(H,52,63)(H,53,61)(H,54,64)(H,55,65)(H,56,62)(H4,47,48,49);1H/t29-,31-,32-,33-,34-,35-;/m0./s1. The zero-order chi connectivity index (χ0) is 49.2. The van der Waals surface area contributed by atoms with E-state index in [1.165, 1.54) is 29.2 Å². The number of aliphatic imine (C=N–C) groups is 1. The fourth-order valence-electron chi connectivity index (χ4n) is 7.52. The molecule has 1 aliphatic heterocycles. The first kappa shape index (κ1) is 55.3. The maximum Gasteiger partial charge on any atom is 0.245 e. The quantitative estimate of drug-likeness (QED) is 0.0231. The highest BCUT2D eigenvalue weighted by atomic mass is 35.5. The zero-order valence-electron chi connectivity index (χ0n) is 38.0. The van der Waals surface area contributed by atoms with Gasteiger partial charge in [-0.25, -0.2) is 0 Å². The van der Waals surface area contributed by atoms with Crippen molar-refractivity contribution in [3.63, 3.8) is 0 Å². The monoisotopic (exact) mass is 969 g/mol. The highest BCUT2D eigenvalue weighted by Gasteiger charge is 2.38. The molecule has 1 aliphatic rings. The van der Waals surface area contributed by atoms with E-state index in [-0.39, 0.29) is 75.2 Å². The number of carbonyl (C=O) groups is 8. The summed E-state index contributed by atoms with van der Waals surface area (Å²) in [6, 6.07) is 5.92. The topological polar surface area (TPSA) is 385 Å². The minimum atomic E-state index is -1.52. The Morgan fingerprint density at radius 1 is 0.809 bits per heavy atom. The SMILES string of the molecule is CC(C)C[C@H](NC(=O)CNC(=O)[C@H](Cc1ccc(O)cc1)NC(=O)[C@H](CO)NC(=O)[C@@H](N)Cc1c[nH]c2ccccc12)C(=O)N[C@@H](CCCN=C(N)N)C(=O)N1CCC[C@H]1C(=O)NCC(N)=O.Cl. The number of hydrogen-bond acceptors (Lipinski definition) is 12. The lowest BCUT2D eigenvalue weighted by Crippen LogP contribution is -2.58. The lowest BCUT2D eigenvalue weighted by atomic mass is 10.0. The van der Waals surface area contributed by atoms with E-state index in [0.29, 0.717) is 18.4 Å². The molecule has 6 atom stereocenters. The minimum absolute atomic E-state index is 0. The van der Waals surface area contributed by atoms with Crippen molar-refractivity contribution in [2.24, 2.45) is 33.8 Å². The number of aromatic amines is 1. The molecule has 0 bridgehead atoms. The molecule has 0 aliphatic carbocycles. The number of rotatable bonds is 25. The number of hydrogen-bond donors (Lipinski definition) is 13. The second kappa shape index (κ2) is 27.0. The van der Waals surface area contributed by atoms with E-state index < -0.39 is 103 Å². The van der Waals surface area contributed by atoms with Crippen molar-refractivity contribution in [1.29, 1.82) is 0 Å². The molecule has 2 heterocycles. The first-order chi connectivity index (χ1) is 31.9. The highest BCUT2D eigenvalue weighted by molar-refractivity contribution is 5.97. The summed E-state index contributed by atoms with van der Waals surface area (Å²) in [7, 11) is 0. The number of aliphatic hydroxyl groups excluding tert-OH is 1. The van der Waals surface area contributed by atoms with Gasteiger partial charge in [0.05, 0.1) is 25.7 Å². The summed E-state index contributed by atoms with van der Waals surface area (Å²) in [4.78, 5) is 114. The van der Waals surface area contributed by atoms with Gasteiger partial charge < -0.3 is 74.9 Å². The van der Waals surface area contributed by atoms with Crippen LogP contribution in [0.25, 0.3) is 10.9 Å². The van der Waals surface area contributed by atoms with E-state index in [2.05, 4.69) is 41.9 Å². The van der Waals surface area contributed by atoms with Crippen molar-refractivity contribution >= 4 is 76.5 Å². The third-order valence-electron chi connectivity index (χ3n) is 10.9. The lowest BCUT2D eigenvalue weighted by Gasteiger charge is -2.30. The molecule has 23 nitrogen and oxygen atoms in total. The normalized spacial score (nSPS) is 15.4. The number of nitrogens with zero attached hydrogens (tertiary/aromatic N) is 2. The zero-order valence-corrected chi connectivity index (χ0v) is 38.8. The van der Waals surface area contributed by atoms with Crippen LogP contribution < -0.4 is 54.8 Å². The molecule has 0 saturated carbocycles. The molecule has 0 unspecified atom stereocenters. The third-order valence-corrected chi connectivity index (χ3v) is 10.9. The van der Waals surface area contributed by atoms with E-state index in [9.17, 15) is 48.6 Å². The van der Waals surface area contributed by atoms with Gasteiger partial charge in [-0.05, 0) is 73.8 Å². The molecule has 1 saturated heterocycles. The van der Waals surface area contributed by atoms with Crippen LogP contribution in [-0.2, 0) is 51.2 Å². The van der Waals surface area contributed by atoms with Gasteiger partial charge in [-0.1, -0.05) is 44.2 Å². The van der Waals surface area contributed by atoms with Gasteiger partial charge in [0.25, 0.3) is 0 Å². The number of para-hydroxylation sites is 1. The number of H-pyrrole nitrogens is 1. The van der Waals surface area contributed by atoms with Crippen LogP contribution in [-0.4, -0.2) is 142 Å². The number of benzene rings is 2. The van der Waals surface area contributed by atoms with Crippen LogP contribution in [0.1, 0.15) is 57.1 Å². The Hall–Kier alpha value is -6.98. The smallest absolute Gasteiger partial charge is 0.245 e. The number of nitrogens with two attached hydrogens (primary N) is 4. The Morgan fingerprint density at radius 2 is 1.47 bits per heavy atom. The maximum atomic E-state index is 14.0. The molecule has 1 aromatic heterocycles. The number of aromatic nitrogens is 1. The average Bonchev–Trinajstić information content (AvgIpc) is 3.95. The molecular weight excluding hydrogens is 906 g/mol. The van der Waals surface area contributed by atoms with Crippen LogP contribution in [0.4, 0.5) is 0 Å². The number of halogens is 1. The molecular formula is C44H64ClN13O10. The largest absolute Gasteiger partial charge is 0.508 e. The summed E-state index contributed by atoms with van der Waals surface area (Å²) in [5.74, 6) is -6.31. The predicted octanol–water partition coefficient (Wildman–Crippen LogP) is -2.85. The van der Waals surface area contributed by atoms with Crippen LogP contribution >= 0.6 is 12.4 Å². The predicted molar refractivity (Wildman–Crippen MR) is 253 cm³/mol.